The van der Waals surface area contributed by atoms with Crippen LogP contribution < -0.4 is 0 Å². The molecule has 1 heteroatoms. The molecule has 28 heavy (non-hydrogen) atoms. The van der Waals surface area contributed by atoms with Crippen LogP contribution in [0.25, 0.3) is 0 Å². The molecule has 3 fully saturated rings. The number of rotatable bonds is 5. The van der Waals surface area contributed by atoms with Gasteiger partial charge in [0.25, 0.3) is 0 Å². The third kappa shape index (κ3) is 3.32. The van der Waals surface area contributed by atoms with E-state index < -0.39 is 0 Å². The molecule has 0 saturated heterocycles. The van der Waals surface area contributed by atoms with Gasteiger partial charge in [0.2, 0.25) is 0 Å². The van der Waals surface area contributed by atoms with E-state index in [9.17, 15) is 5.11 Å². The highest BCUT2D eigenvalue weighted by Crippen LogP contribution is 2.67. The van der Waals surface area contributed by atoms with Gasteiger partial charge in [0.05, 0.1) is 6.10 Å². The molecule has 1 nitrogen and oxygen atoms in total. The molecule has 1 radical (unpaired) electrons. The predicted molar refractivity (Wildman–Crippen MR) is 119 cm³/mol. The van der Waals surface area contributed by atoms with Crippen LogP contribution in [-0.2, 0) is 0 Å². The molecule has 4 rings (SSSR count). The maximum absolute atomic E-state index is 11.3. The van der Waals surface area contributed by atoms with Gasteiger partial charge < -0.3 is 5.11 Å². The van der Waals surface area contributed by atoms with Crippen molar-refractivity contribution in [2.24, 2.45) is 46.3 Å². The Kier molecular flexibility index (Phi) is 5.80. The van der Waals surface area contributed by atoms with Crippen molar-refractivity contribution in [1.29, 1.82) is 0 Å². The zero-order valence-corrected chi connectivity index (χ0v) is 19.2. The number of aliphatic hydroxyl groups is 1. The topological polar surface area (TPSA) is 20.2 Å². The van der Waals surface area contributed by atoms with Crippen molar-refractivity contribution >= 4 is 0 Å². The van der Waals surface area contributed by atoms with Crippen molar-refractivity contribution in [2.45, 2.75) is 105 Å². The van der Waals surface area contributed by atoms with E-state index in [1.807, 2.05) is 0 Å². The van der Waals surface area contributed by atoms with Gasteiger partial charge in [0, 0.05) is 0 Å². The lowest BCUT2D eigenvalue weighted by Crippen LogP contribution is -2.54. The average Bonchev–Trinajstić information content (AvgIpc) is 2.99. The molecule has 4 aliphatic carbocycles. The van der Waals surface area contributed by atoms with E-state index in [1.165, 1.54) is 57.8 Å². The normalized spacial score (nSPS) is 46.5. The minimum atomic E-state index is -0.195. The molecule has 0 unspecified atom stereocenters. The van der Waals surface area contributed by atoms with E-state index in [4.69, 9.17) is 0 Å². The van der Waals surface area contributed by atoms with Crippen molar-refractivity contribution in [3.05, 3.63) is 18.1 Å². The van der Waals surface area contributed by atoms with Crippen LogP contribution in [0.4, 0.5) is 0 Å². The number of fused-ring (bicyclic) bond motifs is 5. The number of aliphatic hydroxyl groups excluding tert-OH is 1. The van der Waals surface area contributed by atoms with E-state index in [-0.39, 0.29) is 6.10 Å². The summed E-state index contributed by atoms with van der Waals surface area (Å²) >= 11 is 0. The lowest BCUT2D eigenvalue weighted by molar-refractivity contribution is -0.0908. The molecule has 0 aromatic carbocycles. The van der Waals surface area contributed by atoms with Crippen LogP contribution in [0.3, 0.4) is 0 Å². The Balaban J connectivity index is 1.53. The van der Waals surface area contributed by atoms with Crippen LogP contribution in [0.2, 0.25) is 0 Å². The fraction of sp³-hybridized carbons (Fsp3) is 0.889. The Bertz CT molecular complexity index is 591. The standard InChI is InChI=1S/C27H45O/c1-18(2)9-8-10-19(3)21-12-13-22-25-23(14-16-27(21,22)5)26(4)15-7-6-11-20(26)17-24(25)28/h6,17-19,21-25,28H,7-16H2,1-5H3/t19-,21-,22+,23+,24+,25+,26+,27-/m1/s1. The SMILES string of the molecule is CC(C)CCC[C@@H](C)[C@H]1CC[C@H]2[C@@H]3[C@@H](O)C=C4C[CH]CC[C@]4(C)[C@H]3CC[C@]12C. The monoisotopic (exact) mass is 385 g/mol. The molecule has 0 spiro atoms. The van der Waals surface area contributed by atoms with Crippen molar-refractivity contribution in [3.8, 4) is 0 Å². The summed E-state index contributed by atoms with van der Waals surface area (Å²) in [5.74, 6) is 4.51. The summed E-state index contributed by atoms with van der Waals surface area (Å²) in [4.78, 5) is 0. The van der Waals surface area contributed by atoms with E-state index in [0.717, 1.165) is 30.1 Å². The lowest BCUT2D eigenvalue weighted by Gasteiger charge is -2.59. The zero-order valence-electron chi connectivity index (χ0n) is 19.2. The summed E-state index contributed by atoms with van der Waals surface area (Å²) in [6, 6.07) is 0. The molecule has 8 atom stereocenters. The van der Waals surface area contributed by atoms with Gasteiger partial charge in [-0.1, -0.05) is 65.5 Å². The first-order valence-corrected chi connectivity index (χ1v) is 12.5. The Morgan fingerprint density at radius 1 is 1.04 bits per heavy atom. The first-order chi connectivity index (χ1) is 13.3. The van der Waals surface area contributed by atoms with E-state index in [0.29, 0.717) is 22.7 Å². The Morgan fingerprint density at radius 3 is 2.57 bits per heavy atom. The Morgan fingerprint density at radius 2 is 1.82 bits per heavy atom. The zero-order chi connectivity index (χ0) is 20.1. The molecule has 0 amide bonds. The van der Waals surface area contributed by atoms with Crippen LogP contribution in [0.15, 0.2) is 11.6 Å². The average molecular weight is 386 g/mol. The van der Waals surface area contributed by atoms with Gasteiger partial charge in [-0.2, -0.15) is 0 Å². The number of allylic oxidation sites excluding steroid dienone is 1. The summed E-state index contributed by atoms with van der Waals surface area (Å²) < 4.78 is 0. The summed E-state index contributed by atoms with van der Waals surface area (Å²) in [7, 11) is 0. The minimum absolute atomic E-state index is 0.195. The van der Waals surface area contributed by atoms with Crippen molar-refractivity contribution < 1.29 is 5.11 Å². The third-order valence-electron chi connectivity index (χ3n) is 10.1. The second-order valence-electron chi connectivity index (χ2n) is 12.0. The fourth-order valence-corrected chi connectivity index (χ4v) is 8.49. The highest BCUT2D eigenvalue weighted by Gasteiger charge is 2.60. The van der Waals surface area contributed by atoms with Gasteiger partial charge in [-0.3, -0.25) is 0 Å². The molecule has 3 saturated carbocycles. The molecule has 0 aliphatic heterocycles. The van der Waals surface area contributed by atoms with Gasteiger partial charge in [-0.05, 0) is 97.7 Å². The van der Waals surface area contributed by atoms with Crippen molar-refractivity contribution in [3.63, 3.8) is 0 Å². The van der Waals surface area contributed by atoms with Gasteiger partial charge >= 0.3 is 0 Å². The smallest absolute Gasteiger partial charge is 0.0757 e. The van der Waals surface area contributed by atoms with Gasteiger partial charge in [-0.25, -0.2) is 0 Å². The van der Waals surface area contributed by atoms with Crippen LogP contribution in [0.1, 0.15) is 98.8 Å². The van der Waals surface area contributed by atoms with E-state index >= 15 is 0 Å². The van der Waals surface area contributed by atoms with Crippen LogP contribution in [0.5, 0.6) is 0 Å². The highest BCUT2D eigenvalue weighted by atomic mass is 16.3. The molecule has 0 aromatic heterocycles. The van der Waals surface area contributed by atoms with E-state index in [2.05, 4.69) is 47.1 Å². The second kappa shape index (κ2) is 7.75. The first kappa shape index (κ1) is 21.0. The lowest BCUT2D eigenvalue weighted by atomic mass is 9.46. The summed E-state index contributed by atoms with van der Waals surface area (Å²) in [6.45, 7) is 12.4. The Hall–Kier alpha value is -0.300. The minimum Gasteiger partial charge on any atom is -0.389 e. The Labute approximate surface area is 174 Å². The fourth-order valence-electron chi connectivity index (χ4n) is 8.49. The highest BCUT2D eigenvalue weighted by molar-refractivity contribution is 5.28. The molecule has 1 N–H and O–H groups in total. The van der Waals surface area contributed by atoms with Crippen LogP contribution >= 0.6 is 0 Å². The molecule has 4 aliphatic rings. The maximum Gasteiger partial charge on any atom is 0.0757 e. The third-order valence-corrected chi connectivity index (χ3v) is 10.1. The van der Waals surface area contributed by atoms with Crippen molar-refractivity contribution in [2.75, 3.05) is 0 Å². The molecule has 0 heterocycles. The maximum atomic E-state index is 11.3. The molecular weight excluding hydrogens is 340 g/mol. The molecule has 0 bridgehead atoms. The first-order valence-electron chi connectivity index (χ1n) is 12.5. The summed E-state index contributed by atoms with van der Waals surface area (Å²) in [6.07, 6.45) is 17.9. The van der Waals surface area contributed by atoms with Crippen LogP contribution in [-0.4, -0.2) is 11.2 Å². The quantitative estimate of drug-likeness (QED) is 0.496. The summed E-state index contributed by atoms with van der Waals surface area (Å²) in [5, 5.41) is 11.3. The number of hydrogen-bond acceptors (Lipinski definition) is 1. The van der Waals surface area contributed by atoms with Gasteiger partial charge in [-0.15, -0.1) is 0 Å². The van der Waals surface area contributed by atoms with Gasteiger partial charge in [0.1, 0.15) is 0 Å². The molecular formula is C27H45O. The second-order valence-corrected chi connectivity index (χ2v) is 12.0. The molecule has 0 aromatic rings. The largest absolute Gasteiger partial charge is 0.389 e. The van der Waals surface area contributed by atoms with Gasteiger partial charge in [0.15, 0.2) is 0 Å². The molecule has 159 valence electrons. The van der Waals surface area contributed by atoms with E-state index in [1.54, 1.807) is 5.57 Å². The summed E-state index contributed by atoms with van der Waals surface area (Å²) in [5.41, 5.74) is 2.38. The predicted octanol–water partition coefficient (Wildman–Crippen LogP) is 7.20. The van der Waals surface area contributed by atoms with Crippen LogP contribution in [0, 0.1) is 52.8 Å². The van der Waals surface area contributed by atoms with Crippen molar-refractivity contribution in [1.82, 2.24) is 0 Å². The number of hydrogen-bond donors (Lipinski definition) is 1.